The first-order valence-electron chi connectivity index (χ1n) is 9.30. The molecule has 0 aliphatic carbocycles. The van der Waals surface area contributed by atoms with Crippen LogP contribution >= 0.6 is 15.9 Å². The summed E-state index contributed by atoms with van der Waals surface area (Å²) in [7, 11) is 1.28. The van der Waals surface area contributed by atoms with E-state index in [2.05, 4.69) is 26.6 Å². The van der Waals surface area contributed by atoms with Crippen LogP contribution in [0.4, 0.5) is 5.69 Å². The van der Waals surface area contributed by atoms with E-state index in [1.54, 1.807) is 48.5 Å². The van der Waals surface area contributed by atoms with E-state index in [0.717, 1.165) is 5.56 Å². The van der Waals surface area contributed by atoms with Crippen molar-refractivity contribution in [3.8, 4) is 0 Å². The van der Waals surface area contributed by atoms with Gasteiger partial charge in [0.25, 0.3) is 11.8 Å². The Bertz CT molecular complexity index is 1140. The molecule has 3 aromatic rings. The van der Waals surface area contributed by atoms with Crippen molar-refractivity contribution in [2.75, 3.05) is 12.4 Å². The van der Waals surface area contributed by atoms with Gasteiger partial charge in [-0.2, -0.15) is 0 Å². The number of nitrogens with one attached hydrogen (secondary N) is 2. The van der Waals surface area contributed by atoms with Gasteiger partial charge in [-0.25, -0.2) is 4.79 Å². The molecule has 0 spiro atoms. The fraction of sp³-hybridized carbons (Fsp3) is 0.0417. The number of benzene rings is 3. The molecule has 3 rings (SSSR count). The van der Waals surface area contributed by atoms with Crippen molar-refractivity contribution in [1.82, 2.24) is 5.32 Å². The molecule has 6 nitrogen and oxygen atoms in total. The van der Waals surface area contributed by atoms with Crippen LogP contribution in [0.25, 0.3) is 6.08 Å². The van der Waals surface area contributed by atoms with Crippen molar-refractivity contribution >= 4 is 45.5 Å². The lowest BCUT2D eigenvalue weighted by atomic mass is 10.1. The van der Waals surface area contributed by atoms with Gasteiger partial charge >= 0.3 is 5.97 Å². The number of esters is 1. The topological polar surface area (TPSA) is 84.5 Å². The van der Waals surface area contributed by atoms with Gasteiger partial charge in [-0.05, 0) is 57.9 Å². The minimum atomic E-state index is -0.536. The zero-order chi connectivity index (χ0) is 22.2. The van der Waals surface area contributed by atoms with Crippen LogP contribution in [0.3, 0.4) is 0 Å². The molecule has 0 fully saturated rings. The lowest BCUT2D eigenvalue weighted by Crippen LogP contribution is -2.31. The molecule has 0 unspecified atom stereocenters. The quantitative estimate of drug-likeness (QED) is 0.399. The van der Waals surface area contributed by atoms with Gasteiger partial charge in [0.15, 0.2) is 0 Å². The Balaban J connectivity index is 1.89. The molecule has 0 bridgehead atoms. The van der Waals surface area contributed by atoms with Crippen molar-refractivity contribution in [1.29, 1.82) is 0 Å². The molecule has 0 heterocycles. The number of carbonyl (C=O) groups is 3. The second-order valence-corrected chi connectivity index (χ2v) is 7.28. The molecular formula is C24H19BrN2O4. The highest BCUT2D eigenvalue weighted by Crippen LogP contribution is 2.17. The molecule has 3 aromatic carbocycles. The smallest absolute Gasteiger partial charge is 0.337 e. The number of anilines is 1. The number of methoxy groups -OCH3 is 1. The van der Waals surface area contributed by atoms with E-state index < -0.39 is 17.8 Å². The van der Waals surface area contributed by atoms with Gasteiger partial charge in [0, 0.05) is 10.2 Å². The highest BCUT2D eigenvalue weighted by atomic mass is 79.9. The Kier molecular flexibility index (Phi) is 7.35. The molecule has 0 radical (unpaired) electrons. The van der Waals surface area contributed by atoms with Crippen LogP contribution in [-0.2, 0) is 9.53 Å². The molecule has 7 heteroatoms. The minimum absolute atomic E-state index is 0.0513. The van der Waals surface area contributed by atoms with Crippen LogP contribution in [0.15, 0.2) is 89.0 Å². The first kappa shape index (κ1) is 22.0. The predicted molar refractivity (Wildman–Crippen MR) is 122 cm³/mol. The standard InChI is InChI=1S/C24H19BrN2O4/c1-31-24(30)17-10-7-11-18(15-17)26-23(29)21(14-16-8-3-2-4-9-16)27-22(28)19-12-5-6-13-20(19)25/h2-15H,1H3,(H,26,29)(H,27,28). The van der Waals surface area contributed by atoms with E-state index in [1.165, 1.54) is 13.2 Å². The molecule has 2 amide bonds. The Labute approximate surface area is 188 Å². The summed E-state index contributed by atoms with van der Waals surface area (Å²) in [6.07, 6.45) is 1.58. The van der Waals surface area contributed by atoms with Crippen molar-refractivity contribution in [3.63, 3.8) is 0 Å². The maximum atomic E-state index is 13.0. The number of rotatable bonds is 6. The van der Waals surface area contributed by atoms with Crippen LogP contribution in [0.1, 0.15) is 26.3 Å². The maximum Gasteiger partial charge on any atom is 0.337 e. The van der Waals surface area contributed by atoms with Gasteiger partial charge in [0.05, 0.1) is 18.2 Å². The van der Waals surface area contributed by atoms with Gasteiger partial charge in [-0.3, -0.25) is 9.59 Å². The predicted octanol–water partition coefficient (Wildman–Crippen LogP) is 4.65. The Morgan fingerprint density at radius 2 is 1.61 bits per heavy atom. The van der Waals surface area contributed by atoms with Crippen molar-refractivity contribution in [3.05, 3.63) is 106 Å². The highest BCUT2D eigenvalue weighted by Gasteiger charge is 2.17. The molecule has 0 aromatic heterocycles. The van der Waals surface area contributed by atoms with Gasteiger partial charge in [-0.15, -0.1) is 0 Å². The lowest BCUT2D eigenvalue weighted by molar-refractivity contribution is -0.113. The first-order valence-corrected chi connectivity index (χ1v) is 10.1. The summed E-state index contributed by atoms with van der Waals surface area (Å²) in [6.45, 7) is 0. The van der Waals surface area contributed by atoms with E-state index in [-0.39, 0.29) is 5.70 Å². The molecule has 31 heavy (non-hydrogen) atoms. The molecule has 156 valence electrons. The summed E-state index contributed by atoms with van der Waals surface area (Å²) in [4.78, 5) is 37.5. The first-order chi connectivity index (χ1) is 15.0. The van der Waals surface area contributed by atoms with Crippen LogP contribution in [0.2, 0.25) is 0 Å². The Hall–Kier alpha value is -3.71. The van der Waals surface area contributed by atoms with Gasteiger partial charge in [0.2, 0.25) is 0 Å². The Morgan fingerprint density at radius 1 is 0.903 bits per heavy atom. The highest BCUT2D eigenvalue weighted by molar-refractivity contribution is 9.10. The number of carbonyl (C=O) groups excluding carboxylic acids is 3. The van der Waals surface area contributed by atoms with Crippen molar-refractivity contribution in [2.24, 2.45) is 0 Å². The van der Waals surface area contributed by atoms with Crippen LogP contribution in [0.5, 0.6) is 0 Å². The van der Waals surface area contributed by atoms with E-state index in [1.807, 2.05) is 30.3 Å². The monoisotopic (exact) mass is 478 g/mol. The normalized spacial score (nSPS) is 10.8. The van der Waals surface area contributed by atoms with Crippen molar-refractivity contribution in [2.45, 2.75) is 0 Å². The Morgan fingerprint density at radius 3 is 2.32 bits per heavy atom. The summed E-state index contributed by atoms with van der Waals surface area (Å²) in [5, 5.41) is 5.39. The SMILES string of the molecule is COC(=O)c1cccc(NC(=O)C(=Cc2ccccc2)NC(=O)c2ccccc2Br)c1. The molecule has 2 N–H and O–H groups in total. The molecule has 0 aliphatic heterocycles. The van der Waals surface area contributed by atoms with Gasteiger partial charge < -0.3 is 15.4 Å². The van der Waals surface area contributed by atoms with Crippen molar-refractivity contribution < 1.29 is 19.1 Å². The van der Waals surface area contributed by atoms with E-state index in [9.17, 15) is 14.4 Å². The van der Waals surface area contributed by atoms with Crippen LogP contribution in [0, 0.1) is 0 Å². The number of hydrogen-bond donors (Lipinski definition) is 2. The zero-order valence-electron chi connectivity index (χ0n) is 16.6. The van der Waals surface area contributed by atoms with Gasteiger partial charge in [0.1, 0.15) is 5.70 Å². The van der Waals surface area contributed by atoms with Gasteiger partial charge in [-0.1, -0.05) is 48.5 Å². The largest absolute Gasteiger partial charge is 0.465 e. The average molecular weight is 479 g/mol. The van der Waals surface area contributed by atoms with Crippen LogP contribution < -0.4 is 10.6 Å². The molecule has 0 saturated heterocycles. The summed E-state index contributed by atoms with van der Waals surface area (Å²) in [5.41, 5.74) is 1.87. The fourth-order valence-corrected chi connectivity index (χ4v) is 3.21. The summed E-state index contributed by atoms with van der Waals surface area (Å²) in [5.74, 6) is -1.49. The maximum absolute atomic E-state index is 13.0. The third-order valence-electron chi connectivity index (χ3n) is 4.26. The van der Waals surface area contributed by atoms with E-state index in [4.69, 9.17) is 4.74 Å². The number of amides is 2. The lowest BCUT2D eigenvalue weighted by Gasteiger charge is -2.12. The molecular weight excluding hydrogens is 460 g/mol. The summed E-state index contributed by atoms with van der Waals surface area (Å²) < 4.78 is 5.32. The third kappa shape index (κ3) is 5.90. The number of ether oxygens (including phenoxy) is 1. The average Bonchev–Trinajstić information content (AvgIpc) is 2.79. The molecule has 0 saturated carbocycles. The van der Waals surface area contributed by atoms with E-state index in [0.29, 0.717) is 21.3 Å². The summed E-state index contributed by atoms with van der Waals surface area (Å²) >= 11 is 3.35. The summed E-state index contributed by atoms with van der Waals surface area (Å²) in [6, 6.07) is 22.4. The molecule has 0 aliphatic rings. The number of hydrogen-bond acceptors (Lipinski definition) is 4. The van der Waals surface area contributed by atoms with Crippen LogP contribution in [-0.4, -0.2) is 24.9 Å². The second-order valence-electron chi connectivity index (χ2n) is 6.43. The van der Waals surface area contributed by atoms with E-state index >= 15 is 0 Å². The third-order valence-corrected chi connectivity index (χ3v) is 4.95. The minimum Gasteiger partial charge on any atom is -0.465 e. The number of halogens is 1. The zero-order valence-corrected chi connectivity index (χ0v) is 18.2. The molecule has 0 atom stereocenters. The fourth-order valence-electron chi connectivity index (χ4n) is 2.75. The second kappa shape index (κ2) is 10.4.